The number of aromatic amines is 1. The zero-order valence-corrected chi connectivity index (χ0v) is 10.6. The van der Waals surface area contributed by atoms with Gasteiger partial charge in [-0.1, -0.05) is 0 Å². The van der Waals surface area contributed by atoms with Crippen molar-refractivity contribution in [3.63, 3.8) is 0 Å². The van der Waals surface area contributed by atoms with Crippen LogP contribution in [0, 0.1) is 0 Å². The van der Waals surface area contributed by atoms with Gasteiger partial charge in [0.05, 0.1) is 11.9 Å². The molecule has 0 spiro atoms. The topological polar surface area (TPSA) is 66.0 Å². The number of hydrogen-bond donors (Lipinski definition) is 2. The van der Waals surface area contributed by atoms with Crippen molar-refractivity contribution >= 4 is 48.9 Å². The van der Waals surface area contributed by atoms with E-state index in [1.165, 1.54) is 0 Å². The highest BCUT2D eigenvalue weighted by Crippen LogP contribution is 2.25. The highest BCUT2D eigenvalue weighted by Gasteiger charge is 2.08. The summed E-state index contributed by atoms with van der Waals surface area (Å²) < 4.78 is 1.42. The van der Waals surface area contributed by atoms with E-state index < -0.39 is 5.97 Å². The number of fused-ring (bicyclic) bond motifs is 1. The number of aliphatic carboxylic acids is 1. The number of carboxylic acid groups (broad SMARTS) is 1. The van der Waals surface area contributed by atoms with Gasteiger partial charge in [0.2, 0.25) is 0 Å². The van der Waals surface area contributed by atoms with E-state index >= 15 is 0 Å². The molecule has 0 unspecified atom stereocenters. The van der Waals surface area contributed by atoms with E-state index in [9.17, 15) is 4.79 Å². The molecule has 0 fully saturated rings. The maximum Gasteiger partial charge on any atom is 0.307 e. The number of carboxylic acids is 1. The first-order valence-electron chi connectivity index (χ1n) is 4.11. The maximum atomic E-state index is 10.6. The van der Waals surface area contributed by atoms with Gasteiger partial charge >= 0.3 is 5.97 Å². The summed E-state index contributed by atoms with van der Waals surface area (Å²) in [6.07, 6.45) is 0.00514. The summed E-state index contributed by atoms with van der Waals surface area (Å²) >= 11 is 6.59. The van der Waals surface area contributed by atoms with E-state index in [0.717, 1.165) is 21.1 Å². The molecule has 0 atom stereocenters. The predicted molar refractivity (Wildman–Crippen MR) is 62.8 cm³/mol. The van der Waals surface area contributed by atoms with E-state index in [-0.39, 0.29) is 6.42 Å². The minimum Gasteiger partial charge on any atom is -0.481 e. The fourth-order valence-corrected chi connectivity index (χ4v) is 2.37. The molecule has 6 heteroatoms. The van der Waals surface area contributed by atoms with Crippen molar-refractivity contribution in [2.45, 2.75) is 6.42 Å². The summed E-state index contributed by atoms with van der Waals surface area (Å²) in [6.45, 7) is 0. The number of aromatic nitrogens is 2. The summed E-state index contributed by atoms with van der Waals surface area (Å²) in [4.78, 5) is 17.8. The van der Waals surface area contributed by atoms with Gasteiger partial charge in [0.1, 0.15) is 5.52 Å². The average Bonchev–Trinajstić information content (AvgIpc) is 2.44. The molecule has 0 saturated carbocycles. The fraction of sp³-hybridized carbons (Fsp3) is 0.111. The van der Waals surface area contributed by atoms with Gasteiger partial charge < -0.3 is 10.1 Å². The Labute approximate surface area is 102 Å². The Morgan fingerprint density at radius 2 is 2.20 bits per heavy atom. The molecule has 0 bridgehead atoms. The Hall–Kier alpha value is -0.880. The van der Waals surface area contributed by atoms with E-state index in [2.05, 4.69) is 41.8 Å². The highest BCUT2D eigenvalue weighted by atomic mass is 79.9. The molecule has 2 N–H and O–H groups in total. The molecule has 0 aliphatic rings. The van der Waals surface area contributed by atoms with Crippen LogP contribution in [-0.4, -0.2) is 21.0 Å². The third-order valence-corrected chi connectivity index (χ3v) is 2.91. The van der Waals surface area contributed by atoms with Gasteiger partial charge in [0.25, 0.3) is 0 Å². The molecule has 4 nitrogen and oxygen atoms in total. The molecular formula is C9H6Br2N2O2. The molecule has 0 saturated heterocycles. The maximum absolute atomic E-state index is 10.6. The second kappa shape index (κ2) is 3.94. The van der Waals surface area contributed by atoms with Crippen LogP contribution in [-0.2, 0) is 11.2 Å². The number of hydrogen-bond acceptors (Lipinski definition) is 2. The van der Waals surface area contributed by atoms with Crippen LogP contribution < -0.4 is 0 Å². The molecule has 1 heterocycles. The summed E-state index contributed by atoms with van der Waals surface area (Å²) in [6, 6.07) is 3.55. The van der Waals surface area contributed by atoms with Crippen LogP contribution in [0.5, 0.6) is 0 Å². The minimum atomic E-state index is -0.847. The van der Waals surface area contributed by atoms with Crippen molar-refractivity contribution < 1.29 is 9.90 Å². The molecule has 0 radical (unpaired) electrons. The van der Waals surface area contributed by atoms with Gasteiger partial charge in [-0.25, -0.2) is 4.98 Å². The molecule has 0 aliphatic heterocycles. The molecular weight excluding hydrogens is 328 g/mol. The molecule has 0 amide bonds. The van der Waals surface area contributed by atoms with Gasteiger partial charge in [-0.05, 0) is 49.6 Å². The highest BCUT2D eigenvalue weighted by molar-refractivity contribution is 9.11. The lowest BCUT2D eigenvalue weighted by Crippen LogP contribution is -1.99. The summed E-state index contributed by atoms with van der Waals surface area (Å²) in [5, 5.41) is 8.68. The zero-order valence-electron chi connectivity index (χ0n) is 7.42. The fourth-order valence-electron chi connectivity index (χ4n) is 1.38. The lowest BCUT2D eigenvalue weighted by Gasteiger charge is -1.99. The van der Waals surface area contributed by atoms with Crippen LogP contribution in [0.4, 0.5) is 0 Å². The number of carbonyl (C=O) groups is 1. The Morgan fingerprint density at radius 3 is 2.87 bits per heavy atom. The summed E-state index contributed by atoms with van der Waals surface area (Å²) in [5.41, 5.74) is 2.33. The van der Waals surface area contributed by atoms with Crippen LogP contribution in [0.2, 0.25) is 0 Å². The van der Waals surface area contributed by atoms with Crippen molar-refractivity contribution in [3.8, 4) is 0 Å². The Balaban J connectivity index is 2.56. The molecule has 78 valence electrons. The normalized spacial score (nSPS) is 10.8. The van der Waals surface area contributed by atoms with Crippen LogP contribution >= 0.6 is 31.9 Å². The zero-order chi connectivity index (χ0) is 11.0. The van der Waals surface area contributed by atoms with Crippen molar-refractivity contribution in [2.75, 3.05) is 0 Å². The third kappa shape index (κ3) is 2.21. The number of rotatable bonds is 2. The summed E-state index contributed by atoms with van der Waals surface area (Å²) in [5.74, 6) is -0.847. The molecule has 2 aromatic rings. The predicted octanol–water partition coefficient (Wildman–Crippen LogP) is 2.72. The number of nitrogens with one attached hydrogen (secondary N) is 1. The standard InChI is InChI=1S/C9H6Br2N2O2/c10-5-1-4(3-7(14)15)2-6-8(5)13-9(11)12-6/h1-2H,3H2,(H,12,13)(H,14,15). The van der Waals surface area contributed by atoms with Crippen molar-refractivity contribution in [1.82, 2.24) is 9.97 Å². The van der Waals surface area contributed by atoms with Crippen molar-refractivity contribution in [2.24, 2.45) is 0 Å². The van der Waals surface area contributed by atoms with Gasteiger partial charge in [0.15, 0.2) is 4.73 Å². The largest absolute Gasteiger partial charge is 0.481 e. The van der Waals surface area contributed by atoms with Crippen LogP contribution in [0.15, 0.2) is 21.3 Å². The Bertz CT molecular complexity index is 536. The smallest absolute Gasteiger partial charge is 0.307 e. The Morgan fingerprint density at radius 1 is 1.47 bits per heavy atom. The van der Waals surface area contributed by atoms with Crippen LogP contribution in [0.3, 0.4) is 0 Å². The first-order chi connectivity index (χ1) is 7.06. The van der Waals surface area contributed by atoms with Crippen LogP contribution in [0.25, 0.3) is 11.0 Å². The van der Waals surface area contributed by atoms with Crippen molar-refractivity contribution in [1.29, 1.82) is 0 Å². The first kappa shape index (κ1) is 10.6. The monoisotopic (exact) mass is 332 g/mol. The van der Waals surface area contributed by atoms with E-state index in [0.29, 0.717) is 4.73 Å². The number of nitrogens with zero attached hydrogens (tertiary/aromatic N) is 1. The molecule has 1 aromatic carbocycles. The van der Waals surface area contributed by atoms with Gasteiger partial charge in [0, 0.05) is 4.47 Å². The SMILES string of the molecule is O=C(O)Cc1cc(Br)c2nc(Br)[nH]c2c1. The molecule has 2 rings (SSSR count). The lowest BCUT2D eigenvalue weighted by molar-refractivity contribution is -0.136. The molecule has 0 aliphatic carbocycles. The van der Waals surface area contributed by atoms with E-state index in [4.69, 9.17) is 5.11 Å². The van der Waals surface area contributed by atoms with Gasteiger partial charge in [-0.3, -0.25) is 4.79 Å². The Kier molecular flexibility index (Phi) is 2.79. The van der Waals surface area contributed by atoms with E-state index in [1.54, 1.807) is 12.1 Å². The van der Waals surface area contributed by atoms with Gasteiger partial charge in [-0.15, -0.1) is 0 Å². The summed E-state index contributed by atoms with van der Waals surface area (Å²) in [7, 11) is 0. The third-order valence-electron chi connectivity index (χ3n) is 1.93. The number of H-pyrrole nitrogens is 1. The number of imidazole rings is 1. The molecule has 1 aromatic heterocycles. The molecule has 15 heavy (non-hydrogen) atoms. The second-order valence-electron chi connectivity index (χ2n) is 3.07. The first-order valence-corrected chi connectivity index (χ1v) is 5.70. The second-order valence-corrected chi connectivity index (χ2v) is 4.68. The van der Waals surface area contributed by atoms with Crippen LogP contribution in [0.1, 0.15) is 5.56 Å². The lowest BCUT2D eigenvalue weighted by atomic mass is 10.1. The van der Waals surface area contributed by atoms with E-state index in [1.807, 2.05) is 0 Å². The number of halogens is 2. The van der Waals surface area contributed by atoms with Gasteiger partial charge in [-0.2, -0.15) is 0 Å². The van der Waals surface area contributed by atoms with Crippen molar-refractivity contribution in [3.05, 3.63) is 26.9 Å². The quantitative estimate of drug-likeness (QED) is 0.888. The number of benzene rings is 1. The average molecular weight is 334 g/mol. The minimum absolute atomic E-state index is 0.00514.